The molecule has 2 N–H and O–H groups in total. The fourth-order valence-electron chi connectivity index (χ4n) is 3.92. The Morgan fingerprint density at radius 3 is 2.50 bits per heavy atom. The van der Waals surface area contributed by atoms with Crippen molar-refractivity contribution in [2.24, 2.45) is 0 Å². The van der Waals surface area contributed by atoms with Crippen LogP contribution in [-0.2, 0) is 13.0 Å². The molecule has 3 aromatic carbocycles. The van der Waals surface area contributed by atoms with E-state index in [1.807, 2.05) is 42.5 Å². The van der Waals surface area contributed by atoms with E-state index in [1.54, 1.807) is 36.3 Å². The summed E-state index contributed by atoms with van der Waals surface area (Å²) in [4.78, 5) is 27.3. The zero-order valence-corrected chi connectivity index (χ0v) is 18.1. The summed E-state index contributed by atoms with van der Waals surface area (Å²) in [6, 6.07) is 22.4. The molecule has 4 rings (SSSR count). The first-order valence-corrected chi connectivity index (χ1v) is 10.8. The Hall–Kier alpha value is -3.80. The van der Waals surface area contributed by atoms with Crippen molar-refractivity contribution in [2.75, 3.05) is 23.9 Å². The molecule has 0 saturated heterocycles. The monoisotopic (exact) mass is 429 g/mol. The normalized spacial score (nSPS) is 13.0. The van der Waals surface area contributed by atoms with Crippen LogP contribution in [0.1, 0.15) is 34.3 Å². The van der Waals surface area contributed by atoms with Gasteiger partial charge in [0.2, 0.25) is 0 Å². The Morgan fingerprint density at radius 2 is 1.69 bits per heavy atom. The number of anilines is 2. The van der Waals surface area contributed by atoms with E-state index in [-0.39, 0.29) is 11.9 Å². The average Bonchev–Trinajstić information content (AvgIpc) is 3.06. The number of fused-ring (bicyclic) bond motifs is 1. The predicted octanol–water partition coefficient (Wildman–Crippen LogP) is 5.00. The highest BCUT2D eigenvalue weighted by atomic mass is 16.5. The molecule has 0 atom stereocenters. The van der Waals surface area contributed by atoms with Gasteiger partial charge in [-0.2, -0.15) is 0 Å². The van der Waals surface area contributed by atoms with Crippen LogP contribution in [0.5, 0.6) is 5.75 Å². The number of carbonyl (C=O) groups is 2. The standard InChI is InChI=1S/C26H27N3O3/c1-32-24-12-5-3-10-21(24)18-27-25(30)20-13-15-22(16-14-20)28-26(31)29-17-7-6-9-19-8-2-4-11-23(19)29/h2-5,8,10-16H,6-7,9,17-18H2,1H3,(H,27,30)(H,28,31). The summed E-state index contributed by atoms with van der Waals surface area (Å²) in [5, 5.41) is 5.86. The van der Waals surface area contributed by atoms with Crippen molar-refractivity contribution in [1.82, 2.24) is 5.32 Å². The number of carbonyl (C=O) groups excluding carboxylic acids is 2. The number of amides is 3. The average molecular weight is 430 g/mol. The third-order valence-electron chi connectivity index (χ3n) is 5.64. The lowest BCUT2D eigenvalue weighted by Crippen LogP contribution is -2.35. The number of benzene rings is 3. The Labute approximate surface area is 188 Å². The molecule has 0 spiro atoms. The Bertz CT molecular complexity index is 1100. The van der Waals surface area contributed by atoms with Crippen LogP contribution in [0.15, 0.2) is 72.8 Å². The molecule has 0 aliphatic carbocycles. The third-order valence-corrected chi connectivity index (χ3v) is 5.64. The van der Waals surface area contributed by atoms with Crippen LogP contribution in [-0.4, -0.2) is 25.6 Å². The van der Waals surface area contributed by atoms with E-state index in [4.69, 9.17) is 4.74 Å². The molecule has 3 aromatic rings. The molecule has 0 aromatic heterocycles. The zero-order valence-electron chi connectivity index (χ0n) is 18.1. The third kappa shape index (κ3) is 4.91. The van der Waals surface area contributed by atoms with E-state index in [9.17, 15) is 9.59 Å². The Balaban J connectivity index is 1.38. The summed E-state index contributed by atoms with van der Waals surface area (Å²) in [6.45, 7) is 1.06. The highest BCUT2D eigenvalue weighted by molar-refractivity contribution is 6.02. The van der Waals surface area contributed by atoms with Crippen LogP contribution < -0.4 is 20.3 Å². The van der Waals surface area contributed by atoms with Crippen LogP contribution in [0.3, 0.4) is 0 Å². The maximum absolute atomic E-state index is 12.9. The van der Waals surface area contributed by atoms with Gasteiger partial charge in [-0.3, -0.25) is 9.69 Å². The van der Waals surface area contributed by atoms with E-state index in [0.717, 1.165) is 36.3 Å². The Kier molecular flexibility index (Phi) is 6.70. The number of aryl methyl sites for hydroxylation is 1. The molecule has 32 heavy (non-hydrogen) atoms. The van der Waals surface area contributed by atoms with Gasteiger partial charge in [-0.25, -0.2) is 4.79 Å². The SMILES string of the molecule is COc1ccccc1CNC(=O)c1ccc(NC(=O)N2CCCCc3ccccc32)cc1. The number of nitrogens with zero attached hydrogens (tertiary/aromatic N) is 1. The van der Waals surface area contributed by atoms with Gasteiger partial charge < -0.3 is 15.4 Å². The summed E-state index contributed by atoms with van der Waals surface area (Å²) >= 11 is 0. The minimum Gasteiger partial charge on any atom is -0.496 e. The van der Waals surface area contributed by atoms with Crippen molar-refractivity contribution in [3.8, 4) is 5.75 Å². The topological polar surface area (TPSA) is 70.7 Å². The first-order valence-electron chi connectivity index (χ1n) is 10.8. The van der Waals surface area contributed by atoms with Crippen LogP contribution in [0.25, 0.3) is 0 Å². The fourth-order valence-corrected chi connectivity index (χ4v) is 3.92. The first kappa shape index (κ1) is 21.4. The summed E-state index contributed by atoms with van der Waals surface area (Å²) in [7, 11) is 1.61. The molecule has 1 aliphatic rings. The minimum atomic E-state index is -0.185. The van der Waals surface area contributed by atoms with Crippen molar-refractivity contribution >= 4 is 23.3 Å². The zero-order chi connectivity index (χ0) is 22.3. The van der Waals surface area contributed by atoms with Crippen molar-refractivity contribution in [3.63, 3.8) is 0 Å². The Morgan fingerprint density at radius 1 is 0.938 bits per heavy atom. The number of nitrogens with one attached hydrogen (secondary N) is 2. The van der Waals surface area contributed by atoms with Gasteiger partial charge in [0.05, 0.1) is 7.11 Å². The molecule has 6 nitrogen and oxygen atoms in total. The molecule has 3 amide bonds. The van der Waals surface area contributed by atoms with E-state index in [2.05, 4.69) is 16.7 Å². The smallest absolute Gasteiger partial charge is 0.326 e. The van der Waals surface area contributed by atoms with E-state index in [1.165, 1.54) is 5.56 Å². The van der Waals surface area contributed by atoms with Crippen LogP contribution in [0.2, 0.25) is 0 Å². The summed E-state index contributed by atoms with van der Waals surface area (Å²) in [5.41, 5.74) is 4.25. The van der Waals surface area contributed by atoms with Gasteiger partial charge in [-0.1, -0.05) is 36.4 Å². The van der Waals surface area contributed by atoms with Crippen molar-refractivity contribution in [2.45, 2.75) is 25.8 Å². The fraction of sp³-hybridized carbons (Fsp3) is 0.231. The van der Waals surface area contributed by atoms with Crippen LogP contribution in [0, 0.1) is 0 Å². The molecule has 0 radical (unpaired) electrons. The lowest BCUT2D eigenvalue weighted by atomic mass is 10.1. The predicted molar refractivity (Wildman–Crippen MR) is 126 cm³/mol. The lowest BCUT2D eigenvalue weighted by molar-refractivity contribution is 0.0950. The van der Waals surface area contributed by atoms with Gasteiger partial charge in [0.15, 0.2) is 0 Å². The summed E-state index contributed by atoms with van der Waals surface area (Å²) in [6.07, 6.45) is 3.02. The summed E-state index contributed by atoms with van der Waals surface area (Å²) < 4.78 is 5.32. The van der Waals surface area contributed by atoms with Gasteiger partial charge in [-0.05, 0) is 61.2 Å². The van der Waals surface area contributed by atoms with Gasteiger partial charge in [0.1, 0.15) is 5.75 Å². The lowest BCUT2D eigenvalue weighted by Gasteiger charge is -2.23. The quantitative estimate of drug-likeness (QED) is 0.600. The van der Waals surface area contributed by atoms with Gasteiger partial charge in [-0.15, -0.1) is 0 Å². The number of methoxy groups -OCH3 is 1. The largest absolute Gasteiger partial charge is 0.496 e. The van der Waals surface area contributed by atoms with Crippen LogP contribution in [0.4, 0.5) is 16.2 Å². The van der Waals surface area contributed by atoms with E-state index >= 15 is 0 Å². The first-order chi connectivity index (χ1) is 15.7. The minimum absolute atomic E-state index is 0.160. The number of hydrogen-bond donors (Lipinski definition) is 2. The number of urea groups is 1. The highest BCUT2D eigenvalue weighted by Gasteiger charge is 2.21. The molecular formula is C26H27N3O3. The number of para-hydroxylation sites is 2. The number of rotatable bonds is 5. The second-order valence-electron chi connectivity index (χ2n) is 7.74. The molecule has 0 saturated carbocycles. The number of ether oxygens (including phenoxy) is 1. The molecule has 164 valence electrons. The van der Waals surface area contributed by atoms with E-state index < -0.39 is 0 Å². The molecule has 0 fully saturated rings. The maximum atomic E-state index is 12.9. The van der Waals surface area contributed by atoms with Crippen molar-refractivity contribution in [3.05, 3.63) is 89.5 Å². The van der Waals surface area contributed by atoms with Gasteiger partial charge in [0, 0.05) is 35.6 Å². The van der Waals surface area contributed by atoms with Gasteiger partial charge in [0.25, 0.3) is 5.91 Å². The molecule has 0 unspecified atom stereocenters. The molecular weight excluding hydrogens is 402 g/mol. The van der Waals surface area contributed by atoms with Crippen molar-refractivity contribution in [1.29, 1.82) is 0 Å². The molecule has 6 heteroatoms. The number of hydrogen-bond acceptors (Lipinski definition) is 3. The van der Waals surface area contributed by atoms with Crippen LogP contribution >= 0.6 is 0 Å². The van der Waals surface area contributed by atoms with Crippen molar-refractivity contribution < 1.29 is 14.3 Å². The second-order valence-corrected chi connectivity index (χ2v) is 7.74. The molecule has 1 heterocycles. The molecule has 1 aliphatic heterocycles. The maximum Gasteiger partial charge on any atom is 0.326 e. The van der Waals surface area contributed by atoms with Gasteiger partial charge >= 0.3 is 6.03 Å². The molecule has 0 bridgehead atoms. The highest BCUT2D eigenvalue weighted by Crippen LogP contribution is 2.27. The second kappa shape index (κ2) is 10.0. The summed E-state index contributed by atoms with van der Waals surface area (Å²) in [5.74, 6) is 0.552. The van der Waals surface area contributed by atoms with E-state index in [0.29, 0.717) is 24.3 Å².